The molecule has 1 aromatic heterocycles. The molecule has 0 fully saturated rings. The zero-order chi connectivity index (χ0) is 22.7. The molecule has 2 aliphatic heterocycles. The van der Waals surface area contributed by atoms with E-state index in [9.17, 15) is 9.59 Å². The van der Waals surface area contributed by atoms with Crippen LogP contribution in [0.4, 0.5) is 9.93 Å². The van der Waals surface area contributed by atoms with Crippen molar-refractivity contribution in [3.63, 3.8) is 0 Å². The zero-order valence-electron chi connectivity index (χ0n) is 18.9. The molecule has 3 heterocycles. The molecule has 7 nitrogen and oxygen atoms in total. The Labute approximate surface area is 193 Å². The highest BCUT2D eigenvalue weighted by molar-refractivity contribution is 7.17. The van der Waals surface area contributed by atoms with Gasteiger partial charge >= 0.3 is 6.09 Å². The van der Waals surface area contributed by atoms with Crippen molar-refractivity contribution in [3.8, 4) is 0 Å². The molecule has 0 atom stereocenters. The SMILES string of the molecule is CC(C)(C)OC(=O)N1CC2=C(C1)CN(c1ncc(C(=O)NCCCc3ccccc3)s1)C2. The van der Waals surface area contributed by atoms with Gasteiger partial charge in [-0.2, -0.15) is 0 Å². The Bertz CT molecular complexity index is 992. The number of carbonyl (C=O) groups excluding carboxylic acids is 2. The first kappa shape index (κ1) is 22.3. The summed E-state index contributed by atoms with van der Waals surface area (Å²) in [6.07, 6.45) is 3.24. The second kappa shape index (κ2) is 9.32. The first-order valence-electron chi connectivity index (χ1n) is 11.0. The summed E-state index contributed by atoms with van der Waals surface area (Å²) in [5, 5.41) is 3.84. The van der Waals surface area contributed by atoms with E-state index >= 15 is 0 Å². The van der Waals surface area contributed by atoms with Crippen LogP contribution in [0.1, 0.15) is 42.4 Å². The highest BCUT2D eigenvalue weighted by Crippen LogP contribution is 2.32. The third-order valence-corrected chi connectivity index (χ3v) is 6.49. The van der Waals surface area contributed by atoms with Gasteiger partial charge in [0.05, 0.1) is 6.20 Å². The topological polar surface area (TPSA) is 74.8 Å². The molecule has 0 bridgehead atoms. The van der Waals surface area contributed by atoms with Gasteiger partial charge < -0.3 is 19.9 Å². The normalized spacial score (nSPS) is 15.8. The van der Waals surface area contributed by atoms with Gasteiger partial charge in [0.25, 0.3) is 5.91 Å². The first-order valence-corrected chi connectivity index (χ1v) is 11.8. The third kappa shape index (κ3) is 5.48. The maximum absolute atomic E-state index is 12.5. The molecule has 2 aromatic rings. The van der Waals surface area contributed by atoms with Gasteiger partial charge in [0.15, 0.2) is 5.13 Å². The van der Waals surface area contributed by atoms with E-state index in [1.165, 1.54) is 28.0 Å². The summed E-state index contributed by atoms with van der Waals surface area (Å²) < 4.78 is 5.49. The molecular weight excluding hydrogens is 424 g/mol. The summed E-state index contributed by atoms with van der Waals surface area (Å²) in [6.45, 7) is 8.94. The fourth-order valence-corrected chi connectivity index (χ4v) is 4.74. The summed E-state index contributed by atoms with van der Waals surface area (Å²) in [7, 11) is 0. The second-order valence-corrected chi connectivity index (χ2v) is 10.3. The van der Waals surface area contributed by atoms with Gasteiger partial charge in [-0.15, -0.1) is 0 Å². The van der Waals surface area contributed by atoms with Crippen LogP contribution in [0.5, 0.6) is 0 Å². The van der Waals surface area contributed by atoms with Crippen LogP contribution < -0.4 is 10.2 Å². The number of hydrogen-bond donors (Lipinski definition) is 1. The fourth-order valence-electron chi connectivity index (χ4n) is 3.91. The molecule has 0 aliphatic carbocycles. The monoisotopic (exact) mass is 454 g/mol. The average molecular weight is 455 g/mol. The summed E-state index contributed by atoms with van der Waals surface area (Å²) >= 11 is 1.42. The van der Waals surface area contributed by atoms with Crippen molar-refractivity contribution in [1.82, 2.24) is 15.2 Å². The van der Waals surface area contributed by atoms with Crippen LogP contribution in [-0.4, -0.2) is 60.2 Å². The van der Waals surface area contributed by atoms with E-state index < -0.39 is 5.60 Å². The molecule has 32 heavy (non-hydrogen) atoms. The quantitative estimate of drug-likeness (QED) is 0.530. The Morgan fingerprint density at radius 2 is 1.78 bits per heavy atom. The van der Waals surface area contributed by atoms with E-state index in [1.54, 1.807) is 11.1 Å². The fraction of sp³-hybridized carbons (Fsp3) is 0.458. The maximum Gasteiger partial charge on any atom is 0.410 e. The summed E-state index contributed by atoms with van der Waals surface area (Å²) in [4.78, 5) is 33.8. The van der Waals surface area contributed by atoms with E-state index in [1.807, 2.05) is 39.0 Å². The molecule has 8 heteroatoms. The predicted molar refractivity (Wildman–Crippen MR) is 126 cm³/mol. The number of nitrogens with zero attached hydrogens (tertiary/aromatic N) is 3. The van der Waals surface area contributed by atoms with Crippen LogP contribution in [0.3, 0.4) is 0 Å². The Hall–Kier alpha value is -2.87. The lowest BCUT2D eigenvalue weighted by molar-refractivity contribution is 0.0297. The number of ether oxygens (including phenoxy) is 1. The Morgan fingerprint density at radius 3 is 2.44 bits per heavy atom. The summed E-state index contributed by atoms with van der Waals surface area (Å²) in [5.74, 6) is -0.0717. The minimum atomic E-state index is -0.491. The number of carbonyl (C=O) groups is 2. The van der Waals surface area contributed by atoms with E-state index in [2.05, 4.69) is 27.3 Å². The van der Waals surface area contributed by atoms with Gasteiger partial charge in [-0.05, 0) is 50.3 Å². The van der Waals surface area contributed by atoms with E-state index in [-0.39, 0.29) is 12.0 Å². The van der Waals surface area contributed by atoms with Crippen LogP contribution in [0, 0.1) is 0 Å². The van der Waals surface area contributed by atoms with Crippen LogP contribution in [0.25, 0.3) is 0 Å². The van der Waals surface area contributed by atoms with Gasteiger partial charge in [-0.3, -0.25) is 4.79 Å². The van der Waals surface area contributed by atoms with Crippen LogP contribution >= 0.6 is 11.3 Å². The number of hydrogen-bond acceptors (Lipinski definition) is 6. The first-order chi connectivity index (χ1) is 15.3. The van der Waals surface area contributed by atoms with E-state index in [0.717, 1.165) is 31.1 Å². The molecule has 0 unspecified atom stereocenters. The number of aromatic nitrogens is 1. The molecule has 0 spiro atoms. The van der Waals surface area contributed by atoms with Crippen LogP contribution in [0.2, 0.25) is 0 Å². The van der Waals surface area contributed by atoms with E-state index in [0.29, 0.717) is 24.5 Å². The number of anilines is 1. The zero-order valence-corrected chi connectivity index (χ0v) is 19.7. The minimum Gasteiger partial charge on any atom is -0.444 e. The minimum absolute atomic E-state index is 0.0717. The number of thiazole rings is 1. The van der Waals surface area contributed by atoms with Crippen molar-refractivity contribution in [1.29, 1.82) is 0 Å². The summed E-state index contributed by atoms with van der Waals surface area (Å²) in [6, 6.07) is 10.3. The van der Waals surface area contributed by atoms with Gasteiger partial charge in [0.2, 0.25) is 0 Å². The third-order valence-electron chi connectivity index (χ3n) is 5.44. The number of benzene rings is 1. The standard InChI is InChI=1S/C24H30N4O3S/c1-24(2,3)31-23(30)28-15-18-13-27(14-19(18)16-28)22-26-12-20(32-22)21(29)25-11-7-10-17-8-5-4-6-9-17/h4-6,8-9,12H,7,10-11,13-16H2,1-3H3,(H,25,29). The molecule has 1 aromatic carbocycles. The lowest BCUT2D eigenvalue weighted by atomic mass is 10.1. The number of rotatable bonds is 6. The Morgan fingerprint density at radius 1 is 1.09 bits per heavy atom. The van der Waals surface area contributed by atoms with E-state index in [4.69, 9.17) is 4.74 Å². The molecule has 170 valence electrons. The van der Waals surface area contributed by atoms with Crippen molar-refractivity contribution >= 4 is 28.5 Å². The largest absolute Gasteiger partial charge is 0.444 e. The predicted octanol–water partition coefficient (Wildman–Crippen LogP) is 3.87. The smallest absolute Gasteiger partial charge is 0.410 e. The molecule has 0 saturated carbocycles. The second-order valence-electron chi connectivity index (χ2n) is 9.25. The molecule has 0 saturated heterocycles. The van der Waals surface area contributed by atoms with Crippen LogP contribution in [-0.2, 0) is 11.2 Å². The molecule has 2 aliphatic rings. The number of nitrogens with one attached hydrogen (secondary N) is 1. The van der Waals surface area contributed by atoms with Crippen molar-refractivity contribution in [3.05, 3.63) is 58.1 Å². The Kier molecular flexibility index (Phi) is 6.50. The Balaban J connectivity index is 1.23. The van der Waals surface area contributed by atoms with Gasteiger partial charge in [-0.25, -0.2) is 9.78 Å². The number of amides is 2. The molecule has 2 amide bonds. The van der Waals surface area contributed by atoms with Crippen molar-refractivity contribution in [2.45, 2.75) is 39.2 Å². The van der Waals surface area contributed by atoms with Gasteiger partial charge in [-0.1, -0.05) is 41.7 Å². The van der Waals surface area contributed by atoms with Crippen LogP contribution in [0.15, 0.2) is 47.7 Å². The number of aryl methyl sites for hydroxylation is 1. The lowest BCUT2D eigenvalue weighted by Crippen LogP contribution is -2.38. The highest BCUT2D eigenvalue weighted by atomic mass is 32.1. The van der Waals surface area contributed by atoms with Gasteiger partial charge in [0.1, 0.15) is 10.5 Å². The summed E-state index contributed by atoms with van der Waals surface area (Å²) in [5.41, 5.74) is 3.29. The van der Waals surface area contributed by atoms with Crippen molar-refractivity contribution in [2.75, 3.05) is 37.6 Å². The van der Waals surface area contributed by atoms with Crippen molar-refractivity contribution < 1.29 is 14.3 Å². The molecule has 0 radical (unpaired) electrons. The lowest BCUT2D eigenvalue weighted by Gasteiger charge is -2.26. The molecule has 1 N–H and O–H groups in total. The average Bonchev–Trinajstić information content (AvgIpc) is 3.44. The maximum atomic E-state index is 12.5. The molecular formula is C24H30N4O3S. The van der Waals surface area contributed by atoms with Crippen molar-refractivity contribution in [2.24, 2.45) is 0 Å². The van der Waals surface area contributed by atoms with Gasteiger partial charge in [0, 0.05) is 32.7 Å². The highest BCUT2D eigenvalue weighted by Gasteiger charge is 2.35. The molecule has 4 rings (SSSR count).